The summed E-state index contributed by atoms with van der Waals surface area (Å²) in [5.74, 6) is -0.255. The van der Waals surface area contributed by atoms with E-state index in [0.29, 0.717) is 11.7 Å². The highest BCUT2D eigenvalue weighted by Crippen LogP contribution is 2.26. The lowest BCUT2D eigenvalue weighted by atomic mass is 9.95. The maximum absolute atomic E-state index is 11.9. The molecule has 116 valence electrons. The summed E-state index contributed by atoms with van der Waals surface area (Å²) in [6.45, 7) is 0. The first-order chi connectivity index (χ1) is 9.56. The Kier molecular flexibility index (Phi) is 8.21. The Bertz CT molecular complexity index is 329. The molecule has 0 aromatic rings. The minimum Gasteiger partial charge on any atom is -0.480 e. The van der Waals surface area contributed by atoms with Crippen LogP contribution in [0.25, 0.3) is 0 Å². The second kappa shape index (κ2) is 9.39. The third-order valence-corrected chi connectivity index (χ3v) is 5.25. The number of carboxylic acids is 1. The topological polar surface area (TPSA) is 78.4 Å². The van der Waals surface area contributed by atoms with Gasteiger partial charge >= 0.3 is 12.0 Å². The average molecular weight is 320 g/mol. The molecule has 1 aliphatic carbocycles. The molecule has 1 rings (SSSR count). The van der Waals surface area contributed by atoms with Crippen molar-refractivity contribution in [1.82, 2.24) is 10.6 Å². The first-order valence-corrected chi connectivity index (χ1v) is 9.56. The molecule has 20 heavy (non-hydrogen) atoms. The van der Waals surface area contributed by atoms with Gasteiger partial charge in [0, 0.05) is 11.3 Å². The van der Waals surface area contributed by atoms with E-state index in [2.05, 4.69) is 16.9 Å². The quantitative estimate of drug-likeness (QED) is 0.670. The van der Waals surface area contributed by atoms with Crippen molar-refractivity contribution in [2.75, 3.05) is 18.3 Å². The predicted octanol–water partition coefficient (Wildman–Crippen LogP) is 2.17. The molecule has 2 unspecified atom stereocenters. The van der Waals surface area contributed by atoms with E-state index >= 15 is 0 Å². The molecule has 0 saturated heterocycles. The summed E-state index contributed by atoms with van der Waals surface area (Å²) in [6.07, 6.45) is 8.73. The Morgan fingerprint density at radius 1 is 1.35 bits per heavy atom. The number of hydrogen-bond acceptors (Lipinski definition) is 4. The molecule has 0 radical (unpaired) electrons. The smallest absolute Gasteiger partial charge is 0.326 e. The standard InChI is InChI=1S/C13H24N2O3S2/c1-19-7-6-11(12(16)17)15-13(18)14-9-4-3-5-10(8-9)20-2/h9-11H,3-8H2,1-2H3,(H,16,17)(H2,14,15,18)/t9?,10?,11-/m0/s1. The third-order valence-electron chi connectivity index (χ3n) is 3.51. The van der Waals surface area contributed by atoms with Crippen molar-refractivity contribution >= 4 is 35.5 Å². The van der Waals surface area contributed by atoms with Gasteiger partial charge in [0.05, 0.1) is 0 Å². The fourth-order valence-electron chi connectivity index (χ4n) is 2.37. The molecule has 0 bridgehead atoms. The fraction of sp³-hybridized carbons (Fsp3) is 0.846. The summed E-state index contributed by atoms with van der Waals surface area (Å²) >= 11 is 3.41. The number of thioether (sulfide) groups is 2. The van der Waals surface area contributed by atoms with Gasteiger partial charge in [0.15, 0.2) is 0 Å². The molecule has 1 saturated carbocycles. The van der Waals surface area contributed by atoms with Gasteiger partial charge in [-0.3, -0.25) is 0 Å². The van der Waals surface area contributed by atoms with E-state index in [1.807, 2.05) is 18.0 Å². The van der Waals surface area contributed by atoms with Crippen molar-refractivity contribution < 1.29 is 14.7 Å². The van der Waals surface area contributed by atoms with Gasteiger partial charge in [0.2, 0.25) is 0 Å². The van der Waals surface area contributed by atoms with Crippen molar-refractivity contribution in [2.24, 2.45) is 0 Å². The van der Waals surface area contributed by atoms with Gasteiger partial charge in [0.1, 0.15) is 6.04 Å². The second-order valence-corrected chi connectivity index (χ2v) is 7.14. The maximum Gasteiger partial charge on any atom is 0.326 e. The van der Waals surface area contributed by atoms with Gasteiger partial charge in [-0.1, -0.05) is 6.42 Å². The highest BCUT2D eigenvalue weighted by Gasteiger charge is 2.24. The van der Waals surface area contributed by atoms with Crippen molar-refractivity contribution in [2.45, 2.75) is 49.4 Å². The van der Waals surface area contributed by atoms with E-state index in [1.54, 1.807) is 11.8 Å². The summed E-state index contributed by atoms with van der Waals surface area (Å²) in [5.41, 5.74) is 0. The highest BCUT2D eigenvalue weighted by molar-refractivity contribution is 7.99. The molecular formula is C13H24N2O3S2. The first kappa shape index (κ1) is 17.5. The van der Waals surface area contributed by atoms with Crippen LogP contribution >= 0.6 is 23.5 Å². The summed E-state index contributed by atoms with van der Waals surface area (Å²) in [7, 11) is 0. The lowest BCUT2D eigenvalue weighted by molar-refractivity contribution is -0.139. The Labute approximate surface area is 129 Å². The number of amides is 2. The first-order valence-electron chi connectivity index (χ1n) is 6.88. The van der Waals surface area contributed by atoms with Gasteiger partial charge in [-0.2, -0.15) is 23.5 Å². The molecule has 0 heterocycles. The summed E-state index contributed by atoms with van der Waals surface area (Å²) < 4.78 is 0. The number of urea groups is 1. The minimum absolute atomic E-state index is 0.163. The van der Waals surface area contributed by atoms with Crippen LogP contribution in [-0.2, 0) is 4.79 Å². The van der Waals surface area contributed by atoms with Gasteiger partial charge in [0.25, 0.3) is 0 Å². The molecule has 0 aromatic carbocycles. The lowest BCUT2D eigenvalue weighted by Crippen LogP contribution is -2.50. The number of carbonyl (C=O) groups is 2. The zero-order chi connectivity index (χ0) is 15.0. The van der Waals surface area contributed by atoms with Crippen LogP contribution in [0.4, 0.5) is 4.79 Å². The maximum atomic E-state index is 11.9. The van der Waals surface area contributed by atoms with Crippen molar-refractivity contribution in [3.8, 4) is 0 Å². The van der Waals surface area contributed by atoms with Gasteiger partial charge in [-0.15, -0.1) is 0 Å². The molecule has 0 aromatic heterocycles. The number of hydrogen-bond donors (Lipinski definition) is 3. The van der Waals surface area contributed by atoms with Crippen LogP contribution in [0.2, 0.25) is 0 Å². The van der Waals surface area contributed by atoms with Crippen molar-refractivity contribution in [3.63, 3.8) is 0 Å². The normalized spacial score (nSPS) is 23.9. The molecule has 2 amide bonds. The highest BCUT2D eigenvalue weighted by atomic mass is 32.2. The van der Waals surface area contributed by atoms with E-state index in [9.17, 15) is 9.59 Å². The molecule has 0 spiro atoms. The average Bonchev–Trinajstić information content (AvgIpc) is 2.43. The van der Waals surface area contributed by atoms with Gasteiger partial charge in [-0.25, -0.2) is 9.59 Å². The summed E-state index contributed by atoms with van der Waals surface area (Å²) in [5, 5.41) is 15.2. The van der Waals surface area contributed by atoms with Crippen LogP contribution in [0.5, 0.6) is 0 Å². The van der Waals surface area contributed by atoms with Crippen molar-refractivity contribution in [3.05, 3.63) is 0 Å². The number of aliphatic carboxylic acids is 1. The minimum atomic E-state index is -0.972. The molecule has 3 atom stereocenters. The monoisotopic (exact) mass is 320 g/mol. The Morgan fingerprint density at radius 2 is 2.10 bits per heavy atom. The van der Waals surface area contributed by atoms with Crippen LogP contribution in [0.3, 0.4) is 0 Å². The van der Waals surface area contributed by atoms with E-state index in [1.165, 1.54) is 6.42 Å². The van der Waals surface area contributed by atoms with E-state index in [0.717, 1.165) is 25.0 Å². The molecule has 5 nitrogen and oxygen atoms in total. The van der Waals surface area contributed by atoms with E-state index in [4.69, 9.17) is 5.11 Å². The molecule has 7 heteroatoms. The Balaban J connectivity index is 2.38. The van der Waals surface area contributed by atoms with Crippen LogP contribution in [-0.4, -0.2) is 52.7 Å². The van der Waals surface area contributed by atoms with Crippen LogP contribution < -0.4 is 10.6 Å². The largest absolute Gasteiger partial charge is 0.480 e. The number of carboxylic acid groups (broad SMARTS) is 1. The van der Waals surface area contributed by atoms with Crippen LogP contribution in [0.15, 0.2) is 0 Å². The molecule has 1 aliphatic rings. The third kappa shape index (κ3) is 6.26. The Hall–Kier alpha value is -0.560. The van der Waals surface area contributed by atoms with Crippen molar-refractivity contribution in [1.29, 1.82) is 0 Å². The van der Waals surface area contributed by atoms with E-state index < -0.39 is 12.0 Å². The van der Waals surface area contributed by atoms with Crippen LogP contribution in [0.1, 0.15) is 32.1 Å². The summed E-state index contributed by atoms with van der Waals surface area (Å²) in [6, 6.07) is -0.996. The van der Waals surface area contributed by atoms with Gasteiger partial charge in [-0.05, 0) is 43.9 Å². The van der Waals surface area contributed by atoms with Gasteiger partial charge < -0.3 is 15.7 Å². The predicted molar refractivity (Wildman–Crippen MR) is 85.6 cm³/mol. The zero-order valence-corrected chi connectivity index (χ0v) is 13.7. The SMILES string of the molecule is CSCC[C@H](NC(=O)NC1CCCC(SC)C1)C(=O)O. The lowest BCUT2D eigenvalue weighted by Gasteiger charge is -2.29. The zero-order valence-electron chi connectivity index (χ0n) is 12.1. The molecule has 1 fully saturated rings. The number of carbonyl (C=O) groups excluding carboxylic acids is 1. The fourth-order valence-corrected chi connectivity index (χ4v) is 3.67. The second-order valence-electron chi connectivity index (χ2n) is 5.01. The number of nitrogens with one attached hydrogen (secondary N) is 2. The van der Waals surface area contributed by atoms with E-state index in [-0.39, 0.29) is 12.1 Å². The number of rotatable bonds is 7. The molecule has 0 aliphatic heterocycles. The Morgan fingerprint density at radius 3 is 2.70 bits per heavy atom. The summed E-state index contributed by atoms with van der Waals surface area (Å²) in [4.78, 5) is 23.0. The molecular weight excluding hydrogens is 296 g/mol. The van der Waals surface area contributed by atoms with Crippen LogP contribution in [0, 0.1) is 0 Å². The molecule has 3 N–H and O–H groups in total.